The summed E-state index contributed by atoms with van der Waals surface area (Å²) >= 11 is 3.50. The number of hydrogen-bond donors (Lipinski definition) is 1. The van der Waals surface area contributed by atoms with Gasteiger partial charge >= 0.3 is 0 Å². The molecular weight excluding hydrogens is 324 g/mol. The SMILES string of the molecule is Cc1cccc(CN(C)CCC(N)c2cccc(Br)c2)c1. The molecule has 0 saturated carbocycles. The van der Waals surface area contributed by atoms with Crippen molar-refractivity contribution >= 4 is 15.9 Å². The average molecular weight is 347 g/mol. The summed E-state index contributed by atoms with van der Waals surface area (Å²) in [5.74, 6) is 0. The molecule has 2 nitrogen and oxygen atoms in total. The minimum Gasteiger partial charge on any atom is -0.324 e. The molecule has 112 valence electrons. The van der Waals surface area contributed by atoms with Crippen LogP contribution < -0.4 is 5.73 Å². The first kappa shape index (κ1) is 16.2. The maximum atomic E-state index is 6.28. The summed E-state index contributed by atoms with van der Waals surface area (Å²) in [4.78, 5) is 2.33. The third kappa shape index (κ3) is 5.27. The van der Waals surface area contributed by atoms with Gasteiger partial charge in [-0.25, -0.2) is 0 Å². The summed E-state index contributed by atoms with van der Waals surface area (Å²) in [5, 5.41) is 0. The van der Waals surface area contributed by atoms with Gasteiger partial charge in [0.25, 0.3) is 0 Å². The van der Waals surface area contributed by atoms with Crippen LogP contribution in [0.5, 0.6) is 0 Å². The van der Waals surface area contributed by atoms with Gasteiger partial charge in [0, 0.05) is 17.1 Å². The van der Waals surface area contributed by atoms with E-state index in [1.54, 1.807) is 0 Å². The molecule has 0 aliphatic heterocycles. The highest BCUT2D eigenvalue weighted by Gasteiger charge is 2.08. The minimum atomic E-state index is 0.0856. The molecule has 0 fully saturated rings. The molecule has 0 amide bonds. The lowest BCUT2D eigenvalue weighted by Crippen LogP contribution is -2.23. The van der Waals surface area contributed by atoms with Crippen LogP contribution in [0.1, 0.15) is 29.2 Å². The molecule has 0 aliphatic carbocycles. The van der Waals surface area contributed by atoms with Gasteiger partial charge in [-0.2, -0.15) is 0 Å². The molecule has 0 heterocycles. The molecule has 1 unspecified atom stereocenters. The average Bonchev–Trinajstić information content (AvgIpc) is 2.45. The second kappa shape index (κ2) is 7.74. The largest absolute Gasteiger partial charge is 0.324 e. The van der Waals surface area contributed by atoms with E-state index in [4.69, 9.17) is 5.73 Å². The molecule has 0 saturated heterocycles. The van der Waals surface area contributed by atoms with E-state index in [-0.39, 0.29) is 6.04 Å². The van der Waals surface area contributed by atoms with E-state index in [1.807, 2.05) is 12.1 Å². The zero-order valence-electron chi connectivity index (χ0n) is 12.7. The van der Waals surface area contributed by atoms with Gasteiger partial charge < -0.3 is 10.6 Å². The van der Waals surface area contributed by atoms with Crippen molar-refractivity contribution in [3.05, 3.63) is 69.7 Å². The maximum absolute atomic E-state index is 6.28. The van der Waals surface area contributed by atoms with E-state index in [9.17, 15) is 0 Å². The Kier molecular flexibility index (Phi) is 5.97. The summed E-state index contributed by atoms with van der Waals surface area (Å²) in [6.07, 6.45) is 0.957. The van der Waals surface area contributed by atoms with Crippen molar-refractivity contribution in [1.29, 1.82) is 0 Å². The van der Waals surface area contributed by atoms with Crippen LogP contribution in [0.4, 0.5) is 0 Å². The van der Waals surface area contributed by atoms with Crippen molar-refractivity contribution in [1.82, 2.24) is 4.90 Å². The van der Waals surface area contributed by atoms with Crippen molar-refractivity contribution in [3.8, 4) is 0 Å². The Morgan fingerprint density at radius 2 is 1.90 bits per heavy atom. The smallest absolute Gasteiger partial charge is 0.0307 e. The lowest BCUT2D eigenvalue weighted by Gasteiger charge is -2.20. The van der Waals surface area contributed by atoms with Crippen LogP contribution in [-0.4, -0.2) is 18.5 Å². The Bertz CT molecular complexity index is 583. The fourth-order valence-corrected chi connectivity index (χ4v) is 2.88. The number of nitrogens with two attached hydrogens (primary N) is 1. The van der Waals surface area contributed by atoms with Crippen molar-refractivity contribution in [3.63, 3.8) is 0 Å². The molecule has 0 radical (unpaired) electrons. The second-order valence-corrected chi connectivity index (χ2v) is 6.59. The van der Waals surface area contributed by atoms with Crippen molar-refractivity contribution in [2.45, 2.75) is 25.9 Å². The predicted molar refractivity (Wildman–Crippen MR) is 93.2 cm³/mol. The zero-order chi connectivity index (χ0) is 15.2. The van der Waals surface area contributed by atoms with E-state index >= 15 is 0 Å². The molecule has 2 aromatic carbocycles. The molecule has 0 aromatic heterocycles. The van der Waals surface area contributed by atoms with Gasteiger partial charge in [0.15, 0.2) is 0 Å². The standard InChI is InChI=1S/C18H23BrN2/c1-14-5-3-6-15(11-14)13-21(2)10-9-18(20)16-7-4-8-17(19)12-16/h3-8,11-12,18H,9-10,13,20H2,1-2H3. The summed E-state index contributed by atoms with van der Waals surface area (Å²) in [5.41, 5.74) is 10.1. The van der Waals surface area contributed by atoms with E-state index in [2.05, 4.69) is 71.2 Å². The van der Waals surface area contributed by atoms with Gasteiger partial charge in [-0.05, 0) is 50.2 Å². The summed E-state index contributed by atoms with van der Waals surface area (Å²) < 4.78 is 1.09. The van der Waals surface area contributed by atoms with E-state index in [0.717, 1.165) is 24.0 Å². The van der Waals surface area contributed by atoms with E-state index in [1.165, 1.54) is 16.7 Å². The van der Waals surface area contributed by atoms with Crippen molar-refractivity contribution < 1.29 is 0 Å². The Morgan fingerprint density at radius 3 is 2.62 bits per heavy atom. The Hall–Kier alpha value is -1.16. The molecule has 2 aromatic rings. The number of hydrogen-bond acceptors (Lipinski definition) is 2. The van der Waals surface area contributed by atoms with Crippen LogP contribution in [0.3, 0.4) is 0 Å². The van der Waals surface area contributed by atoms with Gasteiger partial charge in [0.05, 0.1) is 0 Å². The highest BCUT2D eigenvalue weighted by Crippen LogP contribution is 2.19. The first-order valence-electron chi connectivity index (χ1n) is 7.30. The Labute approximate surface area is 136 Å². The van der Waals surface area contributed by atoms with Crippen LogP contribution in [0.25, 0.3) is 0 Å². The number of halogens is 1. The quantitative estimate of drug-likeness (QED) is 0.845. The third-order valence-corrected chi connectivity index (χ3v) is 4.13. The Morgan fingerprint density at radius 1 is 1.14 bits per heavy atom. The van der Waals surface area contributed by atoms with Gasteiger partial charge in [-0.1, -0.05) is 57.9 Å². The molecule has 3 heteroatoms. The van der Waals surface area contributed by atoms with Crippen LogP contribution in [0.15, 0.2) is 53.0 Å². The molecular formula is C18H23BrN2. The maximum Gasteiger partial charge on any atom is 0.0307 e. The molecule has 0 bridgehead atoms. The van der Waals surface area contributed by atoms with Crippen LogP contribution >= 0.6 is 15.9 Å². The number of aryl methyl sites for hydroxylation is 1. The summed E-state index contributed by atoms with van der Waals surface area (Å²) in [7, 11) is 2.15. The fraction of sp³-hybridized carbons (Fsp3) is 0.333. The number of benzene rings is 2. The molecule has 0 aliphatic rings. The molecule has 2 N–H and O–H groups in total. The molecule has 21 heavy (non-hydrogen) atoms. The van der Waals surface area contributed by atoms with Crippen molar-refractivity contribution in [2.75, 3.05) is 13.6 Å². The van der Waals surface area contributed by atoms with Crippen molar-refractivity contribution in [2.24, 2.45) is 5.73 Å². The minimum absolute atomic E-state index is 0.0856. The van der Waals surface area contributed by atoms with Crippen LogP contribution in [0, 0.1) is 6.92 Å². The highest BCUT2D eigenvalue weighted by molar-refractivity contribution is 9.10. The van der Waals surface area contributed by atoms with E-state index < -0.39 is 0 Å². The predicted octanol–water partition coefficient (Wildman–Crippen LogP) is 4.28. The number of rotatable bonds is 6. The first-order valence-corrected chi connectivity index (χ1v) is 8.09. The monoisotopic (exact) mass is 346 g/mol. The number of nitrogens with zero attached hydrogens (tertiary/aromatic N) is 1. The zero-order valence-corrected chi connectivity index (χ0v) is 14.3. The van der Waals surface area contributed by atoms with Crippen LogP contribution in [-0.2, 0) is 6.54 Å². The van der Waals surface area contributed by atoms with Gasteiger partial charge in [0.1, 0.15) is 0 Å². The van der Waals surface area contributed by atoms with Gasteiger partial charge in [-0.3, -0.25) is 0 Å². The van der Waals surface area contributed by atoms with E-state index in [0.29, 0.717) is 0 Å². The normalized spacial score (nSPS) is 12.6. The lowest BCUT2D eigenvalue weighted by molar-refractivity contribution is 0.311. The van der Waals surface area contributed by atoms with Gasteiger partial charge in [0.2, 0.25) is 0 Å². The van der Waals surface area contributed by atoms with Gasteiger partial charge in [-0.15, -0.1) is 0 Å². The summed E-state index contributed by atoms with van der Waals surface area (Å²) in [6, 6.07) is 17.0. The summed E-state index contributed by atoms with van der Waals surface area (Å²) in [6.45, 7) is 4.08. The molecule has 1 atom stereocenters. The Balaban J connectivity index is 1.85. The second-order valence-electron chi connectivity index (χ2n) is 5.68. The first-order chi connectivity index (χ1) is 10.0. The lowest BCUT2D eigenvalue weighted by atomic mass is 10.0. The third-order valence-electron chi connectivity index (χ3n) is 3.63. The van der Waals surface area contributed by atoms with Crippen LogP contribution in [0.2, 0.25) is 0 Å². The highest BCUT2D eigenvalue weighted by atomic mass is 79.9. The molecule has 0 spiro atoms. The molecule has 2 rings (SSSR count). The topological polar surface area (TPSA) is 29.3 Å². The fourth-order valence-electron chi connectivity index (χ4n) is 2.46.